The molecule has 4 aromatic rings. The minimum atomic E-state index is -3.08. The number of aromatic nitrogens is 4. The highest BCUT2D eigenvalue weighted by molar-refractivity contribution is 6.84. The van der Waals surface area contributed by atoms with E-state index in [9.17, 15) is 14.4 Å². The Bertz CT molecular complexity index is 2100. The molecular formula is C42H56N6O10Si2. The molecule has 2 aromatic carbocycles. The van der Waals surface area contributed by atoms with E-state index in [2.05, 4.69) is 75.7 Å². The monoisotopic (exact) mass is 860 g/mol. The molecule has 18 heteroatoms. The number of nitrogens with zero attached hydrogens (tertiary/aromatic N) is 5. The number of imide groups is 1. The molecule has 0 radical (unpaired) electrons. The number of benzene rings is 2. The SMILES string of the molecule is CC(C)[Si]1(C(C)C)OC[C@H]2O[C@@H](n3cnc4c(NC(=O)c5ccccc5)ncnc43)[C@H](OCOCCOCCN3C(=O)c4ccccc4C3=O)[C@@H]2O[Si](C(C)C)(C(C)C)O1. The Balaban J connectivity index is 1.10. The van der Waals surface area contributed by atoms with E-state index in [4.69, 9.17) is 31.9 Å². The first kappa shape index (κ1) is 43.8. The Morgan fingerprint density at radius 1 is 0.817 bits per heavy atom. The Morgan fingerprint density at radius 3 is 2.10 bits per heavy atom. The number of imidazole rings is 1. The summed E-state index contributed by atoms with van der Waals surface area (Å²) in [6.07, 6.45) is 0.297. The van der Waals surface area contributed by atoms with Gasteiger partial charge in [-0.1, -0.05) is 85.7 Å². The van der Waals surface area contributed by atoms with Crippen LogP contribution in [0.5, 0.6) is 0 Å². The van der Waals surface area contributed by atoms with Gasteiger partial charge in [0.15, 0.2) is 23.2 Å². The zero-order valence-electron chi connectivity index (χ0n) is 35.5. The van der Waals surface area contributed by atoms with Gasteiger partial charge in [0.25, 0.3) is 17.7 Å². The van der Waals surface area contributed by atoms with Crippen molar-refractivity contribution < 1.29 is 46.3 Å². The lowest BCUT2D eigenvalue weighted by atomic mass is 10.1. The molecule has 4 atom stereocenters. The first-order chi connectivity index (χ1) is 28.8. The van der Waals surface area contributed by atoms with E-state index in [1.54, 1.807) is 59.4 Å². The molecule has 5 heterocycles. The van der Waals surface area contributed by atoms with Crippen LogP contribution in [0.1, 0.15) is 92.7 Å². The fraction of sp³-hybridized carbons (Fsp3) is 0.524. The molecular weight excluding hydrogens is 805 g/mol. The fourth-order valence-electron chi connectivity index (χ4n) is 8.43. The molecule has 3 amide bonds. The van der Waals surface area contributed by atoms with Gasteiger partial charge in [0, 0.05) is 5.56 Å². The predicted octanol–water partition coefficient (Wildman–Crippen LogP) is 6.60. The molecule has 7 rings (SSSR count). The summed E-state index contributed by atoms with van der Waals surface area (Å²) < 4.78 is 48.9. The third kappa shape index (κ3) is 8.36. The van der Waals surface area contributed by atoms with E-state index in [1.807, 2.05) is 6.07 Å². The molecule has 0 saturated carbocycles. The largest absolute Gasteiger partial charge is 0.414 e. The van der Waals surface area contributed by atoms with Crippen LogP contribution < -0.4 is 5.32 Å². The van der Waals surface area contributed by atoms with Crippen LogP contribution in [0, 0.1) is 0 Å². The third-order valence-electron chi connectivity index (χ3n) is 11.6. The Hall–Kier alpha value is -4.25. The van der Waals surface area contributed by atoms with E-state index in [0.29, 0.717) is 27.9 Å². The highest BCUT2D eigenvalue weighted by Crippen LogP contribution is 2.49. The molecule has 0 aliphatic carbocycles. The zero-order valence-corrected chi connectivity index (χ0v) is 37.5. The lowest BCUT2D eigenvalue weighted by Crippen LogP contribution is -2.66. The van der Waals surface area contributed by atoms with Crippen molar-refractivity contribution in [3.05, 3.63) is 83.9 Å². The minimum absolute atomic E-state index is 0.0650. The fourth-order valence-corrected chi connectivity index (χ4v) is 19.6. The van der Waals surface area contributed by atoms with Crippen molar-refractivity contribution in [1.82, 2.24) is 24.4 Å². The topological polar surface area (TPSA) is 175 Å². The average molecular weight is 861 g/mol. The van der Waals surface area contributed by atoms with Crippen LogP contribution in [0.15, 0.2) is 67.3 Å². The lowest BCUT2D eigenvalue weighted by Gasteiger charge is -2.51. The lowest BCUT2D eigenvalue weighted by molar-refractivity contribution is -0.143. The molecule has 3 aliphatic rings. The van der Waals surface area contributed by atoms with Gasteiger partial charge in [-0.05, 0) is 46.4 Å². The maximum Gasteiger partial charge on any atom is 0.335 e. The summed E-state index contributed by atoms with van der Waals surface area (Å²) in [5, 5.41) is 2.88. The maximum atomic E-state index is 13.1. The summed E-state index contributed by atoms with van der Waals surface area (Å²) in [5.41, 5.74) is 2.51. The third-order valence-corrected chi connectivity index (χ3v) is 21.8. The quantitative estimate of drug-likeness (QED) is 0.0553. The molecule has 2 saturated heterocycles. The van der Waals surface area contributed by atoms with Gasteiger partial charge in [-0.2, -0.15) is 0 Å². The van der Waals surface area contributed by atoms with Crippen LogP contribution in [-0.4, -0.2) is 117 Å². The van der Waals surface area contributed by atoms with Gasteiger partial charge in [0.2, 0.25) is 0 Å². The molecule has 16 nitrogen and oxygen atoms in total. The highest BCUT2D eigenvalue weighted by atomic mass is 28.5. The van der Waals surface area contributed by atoms with Gasteiger partial charge in [0.1, 0.15) is 31.4 Å². The number of carbonyl (C=O) groups is 3. The zero-order chi connectivity index (χ0) is 42.8. The Labute approximate surface area is 352 Å². The summed E-state index contributed by atoms with van der Waals surface area (Å²) in [6.45, 7) is 18.1. The number of ether oxygens (including phenoxy) is 4. The predicted molar refractivity (Wildman–Crippen MR) is 226 cm³/mol. The van der Waals surface area contributed by atoms with Crippen LogP contribution in [0.2, 0.25) is 22.2 Å². The van der Waals surface area contributed by atoms with Gasteiger partial charge in [-0.15, -0.1) is 0 Å². The first-order valence-electron chi connectivity index (χ1n) is 20.7. The van der Waals surface area contributed by atoms with E-state index in [0.717, 1.165) is 0 Å². The van der Waals surface area contributed by atoms with Gasteiger partial charge in [-0.3, -0.25) is 23.9 Å². The highest BCUT2D eigenvalue weighted by Gasteiger charge is 2.62. The number of amides is 3. The molecule has 2 fully saturated rings. The minimum Gasteiger partial charge on any atom is -0.414 e. The van der Waals surface area contributed by atoms with E-state index in [-0.39, 0.29) is 85.5 Å². The number of fused-ring (bicyclic) bond motifs is 3. The second-order valence-electron chi connectivity index (χ2n) is 16.6. The van der Waals surface area contributed by atoms with Crippen molar-refractivity contribution in [2.75, 3.05) is 45.1 Å². The molecule has 2 aromatic heterocycles. The van der Waals surface area contributed by atoms with Crippen LogP contribution in [-0.2, 0) is 31.9 Å². The molecule has 3 aliphatic heterocycles. The van der Waals surface area contributed by atoms with Gasteiger partial charge >= 0.3 is 17.1 Å². The molecule has 322 valence electrons. The van der Waals surface area contributed by atoms with Crippen molar-refractivity contribution in [2.24, 2.45) is 0 Å². The molecule has 0 bridgehead atoms. The number of anilines is 1. The Kier molecular flexibility index (Phi) is 13.4. The Morgan fingerprint density at radius 2 is 1.45 bits per heavy atom. The summed E-state index contributed by atoms with van der Waals surface area (Å²) in [5.74, 6) is -0.721. The van der Waals surface area contributed by atoms with Crippen LogP contribution >= 0.6 is 0 Å². The number of carbonyl (C=O) groups excluding carboxylic acids is 3. The van der Waals surface area contributed by atoms with Crippen LogP contribution in [0.4, 0.5) is 5.82 Å². The van der Waals surface area contributed by atoms with Gasteiger partial charge < -0.3 is 37.2 Å². The summed E-state index contributed by atoms with van der Waals surface area (Å²) in [7, 11) is -5.95. The number of hydrogen-bond acceptors (Lipinski definition) is 13. The number of hydrogen-bond donors (Lipinski definition) is 1. The van der Waals surface area contributed by atoms with Crippen molar-refractivity contribution >= 4 is 51.8 Å². The molecule has 0 unspecified atom stereocenters. The molecule has 60 heavy (non-hydrogen) atoms. The summed E-state index contributed by atoms with van der Waals surface area (Å²) in [4.78, 5) is 53.4. The first-order valence-corrected chi connectivity index (χ1v) is 24.7. The van der Waals surface area contributed by atoms with Gasteiger partial charge in [-0.25, -0.2) is 15.0 Å². The average Bonchev–Trinajstić information content (AvgIpc) is 3.87. The van der Waals surface area contributed by atoms with Crippen LogP contribution in [0.25, 0.3) is 11.2 Å². The molecule has 1 N–H and O–H groups in total. The van der Waals surface area contributed by atoms with E-state index < -0.39 is 41.7 Å². The maximum absolute atomic E-state index is 13.1. The second-order valence-corrected chi connectivity index (χ2v) is 25.4. The number of rotatable bonds is 16. The number of nitrogens with one attached hydrogen (secondary N) is 1. The van der Waals surface area contributed by atoms with Crippen molar-refractivity contribution in [1.29, 1.82) is 0 Å². The molecule has 0 spiro atoms. The summed E-state index contributed by atoms with van der Waals surface area (Å²) >= 11 is 0. The van der Waals surface area contributed by atoms with Crippen molar-refractivity contribution in [2.45, 2.75) is 102 Å². The second kappa shape index (κ2) is 18.4. The normalized spacial score (nSPS) is 22.5. The van der Waals surface area contributed by atoms with Crippen molar-refractivity contribution in [3.63, 3.8) is 0 Å². The van der Waals surface area contributed by atoms with Crippen molar-refractivity contribution in [3.8, 4) is 0 Å². The van der Waals surface area contributed by atoms with Crippen LogP contribution in [0.3, 0.4) is 0 Å². The summed E-state index contributed by atoms with van der Waals surface area (Å²) in [6, 6.07) is 15.7. The standard InChI is InChI=1S/C42H56N6O10Si2/c1-26(2)59(27(3)4)55-22-33-35(57-60(58-59,28(5)6)29(7)8)36(54-25-53-21-20-52-19-18-47-40(50)31-16-12-13-17-32(31)41(47)51)42(56-33)48-24-45-34-37(43-23-44-38(34)48)46-39(49)30-14-10-9-11-15-30/h9-17,23-24,26-29,33,35-36,42H,18-22,25H2,1-8H3,(H,43,44,46,49)/t33-,35-,36-,42-/m1/s1. The van der Waals surface area contributed by atoms with E-state index in [1.165, 1.54) is 11.2 Å². The van der Waals surface area contributed by atoms with E-state index >= 15 is 0 Å². The van der Waals surface area contributed by atoms with Gasteiger partial charge in [0.05, 0.1) is 50.4 Å². The smallest absolute Gasteiger partial charge is 0.335 e.